The molecule has 4 rings (SSSR count). The maximum absolute atomic E-state index is 13.7. The lowest BCUT2D eigenvalue weighted by Gasteiger charge is -2.19. The standard InChI is InChI=1S/C23H19FN2O5S2/c1-14-11-15(8-9-18(14)24)33(30,31)20(19-7-4-10-32-19)12-25-21(27)13-26-22(28)16-5-2-3-6-17(16)23(26)29/h2-11,20H,12-13H2,1H3,(H,25,27). The first-order valence-corrected chi connectivity index (χ1v) is 12.4. The molecule has 2 aromatic carbocycles. The fraction of sp³-hybridized carbons (Fsp3) is 0.174. The first-order chi connectivity index (χ1) is 15.7. The molecule has 10 heteroatoms. The molecule has 1 unspecified atom stereocenters. The summed E-state index contributed by atoms with van der Waals surface area (Å²) in [4.78, 5) is 38.8. The minimum atomic E-state index is -3.97. The van der Waals surface area contributed by atoms with Crippen LogP contribution in [0.15, 0.2) is 64.9 Å². The molecule has 0 saturated carbocycles. The Morgan fingerprint density at radius 3 is 2.30 bits per heavy atom. The number of halogens is 1. The zero-order valence-electron chi connectivity index (χ0n) is 17.4. The van der Waals surface area contributed by atoms with Gasteiger partial charge in [0.1, 0.15) is 17.6 Å². The van der Waals surface area contributed by atoms with Crippen molar-refractivity contribution in [3.63, 3.8) is 0 Å². The van der Waals surface area contributed by atoms with E-state index in [-0.39, 0.29) is 28.1 Å². The molecule has 1 atom stereocenters. The predicted molar refractivity (Wildman–Crippen MR) is 120 cm³/mol. The average Bonchev–Trinajstić information content (AvgIpc) is 3.39. The minimum absolute atomic E-state index is 0.0607. The van der Waals surface area contributed by atoms with Crippen molar-refractivity contribution in [3.8, 4) is 0 Å². The molecular formula is C23H19FN2O5S2. The Hall–Kier alpha value is -3.37. The van der Waals surface area contributed by atoms with Crippen LogP contribution in [0, 0.1) is 12.7 Å². The van der Waals surface area contributed by atoms with Gasteiger partial charge in [-0.1, -0.05) is 18.2 Å². The molecule has 170 valence electrons. The van der Waals surface area contributed by atoms with Crippen LogP contribution in [-0.2, 0) is 14.6 Å². The van der Waals surface area contributed by atoms with Crippen molar-refractivity contribution in [3.05, 3.63) is 87.4 Å². The SMILES string of the molecule is Cc1cc(S(=O)(=O)C(CNC(=O)CN2C(=O)c3ccccc3C2=O)c2cccs2)ccc1F. The summed E-state index contributed by atoms with van der Waals surface area (Å²) in [7, 11) is -3.97. The predicted octanol–water partition coefficient (Wildman–Crippen LogP) is 3.12. The minimum Gasteiger partial charge on any atom is -0.353 e. The third kappa shape index (κ3) is 4.31. The summed E-state index contributed by atoms with van der Waals surface area (Å²) in [5.74, 6) is -2.34. The van der Waals surface area contributed by atoms with Crippen LogP contribution in [0.3, 0.4) is 0 Å². The molecule has 0 saturated heterocycles. The first-order valence-electron chi connectivity index (χ1n) is 9.95. The number of sulfone groups is 1. The second kappa shape index (κ2) is 8.87. The quantitative estimate of drug-likeness (QED) is 0.409. The van der Waals surface area contributed by atoms with Crippen molar-refractivity contribution in [1.82, 2.24) is 10.2 Å². The van der Waals surface area contributed by atoms with Gasteiger partial charge in [0.05, 0.1) is 16.0 Å². The molecule has 0 radical (unpaired) electrons. The van der Waals surface area contributed by atoms with E-state index in [9.17, 15) is 27.2 Å². The van der Waals surface area contributed by atoms with Crippen molar-refractivity contribution in [2.75, 3.05) is 13.1 Å². The largest absolute Gasteiger partial charge is 0.353 e. The second-order valence-electron chi connectivity index (χ2n) is 7.51. The molecule has 0 aliphatic carbocycles. The highest BCUT2D eigenvalue weighted by molar-refractivity contribution is 7.91. The van der Waals surface area contributed by atoms with Gasteiger partial charge in [-0.15, -0.1) is 11.3 Å². The summed E-state index contributed by atoms with van der Waals surface area (Å²) < 4.78 is 40.3. The maximum atomic E-state index is 13.7. The van der Waals surface area contributed by atoms with Gasteiger partial charge >= 0.3 is 0 Å². The van der Waals surface area contributed by atoms with Gasteiger partial charge in [-0.25, -0.2) is 12.8 Å². The molecule has 0 bridgehead atoms. The fourth-order valence-electron chi connectivity index (χ4n) is 3.58. The van der Waals surface area contributed by atoms with Gasteiger partial charge in [0, 0.05) is 11.4 Å². The first kappa shape index (κ1) is 22.8. The fourth-order valence-corrected chi connectivity index (χ4v) is 6.45. The van der Waals surface area contributed by atoms with Crippen molar-refractivity contribution >= 4 is 38.9 Å². The van der Waals surface area contributed by atoms with Gasteiger partial charge in [0.25, 0.3) is 11.8 Å². The summed E-state index contributed by atoms with van der Waals surface area (Å²) in [6.45, 7) is 0.666. The van der Waals surface area contributed by atoms with Crippen LogP contribution < -0.4 is 5.32 Å². The van der Waals surface area contributed by atoms with Crippen LogP contribution in [0.5, 0.6) is 0 Å². The number of hydrogen-bond donors (Lipinski definition) is 1. The lowest BCUT2D eigenvalue weighted by Crippen LogP contribution is -2.42. The van der Waals surface area contributed by atoms with Crippen LogP contribution >= 0.6 is 11.3 Å². The normalized spacial score (nSPS) is 14.3. The van der Waals surface area contributed by atoms with Crippen molar-refractivity contribution in [2.24, 2.45) is 0 Å². The van der Waals surface area contributed by atoms with Gasteiger partial charge in [-0.3, -0.25) is 19.3 Å². The molecule has 1 aliphatic heterocycles. The zero-order valence-corrected chi connectivity index (χ0v) is 19.1. The number of benzene rings is 2. The molecule has 3 amide bonds. The molecular weight excluding hydrogens is 467 g/mol. The van der Waals surface area contributed by atoms with E-state index in [0.29, 0.717) is 4.88 Å². The molecule has 1 aliphatic rings. The smallest absolute Gasteiger partial charge is 0.262 e. The van der Waals surface area contributed by atoms with Crippen LogP contribution in [0.2, 0.25) is 0 Å². The number of carbonyl (C=O) groups excluding carboxylic acids is 3. The summed E-state index contributed by atoms with van der Waals surface area (Å²) >= 11 is 1.21. The Morgan fingerprint density at radius 2 is 1.73 bits per heavy atom. The third-order valence-electron chi connectivity index (χ3n) is 5.36. The van der Waals surface area contributed by atoms with E-state index in [4.69, 9.17) is 0 Å². The molecule has 3 aromatic rings. The number of amides is 3. The van der Waals surface area contributed by atoms with Crippen LogP contribution in [-0.4, -0.2) is 44.1 Å². The number of hydrogen-bond acceptors (Lipinski definition) is 6. The summed E-state index contributed by atoms with van der Waals surface area (Å²) in [6, 6.07) is 13.1. The Bertz CT molecular complexity index is 1320. The number of rotatable bonds is 7. The van der Waals surface area contributed by atoms with E-state index in [1.54, 1.807) is 29.6 Å². The molecule has 1 aromatic heterocycles. The molecule has 0 spiro atoms. The average molecular weight is 487 g/mol. The third-order valence-corrected chi connectivity index (χ3v) is 8.57. The van der Waals surface area contributed by atoms with Gasteiger partial charge in [-0.05, 0) is 54.3 Å². The highest BCUT2D eigenvalue weighted by atomic mass is 32.2. The molecule has 7 nitrogen and oxygen atoms in total. The van der Waals surface area contributed by atoms with Crippen LogP contribution in [0.1, 0.15) is 36.4 Å². The monoisotopic (exact) mass is 486 g/mol. The Kier molecular flexibility index (Phi) is 6.13. The van der Waals surface area contributed by atoms with Crippen LogP contribution in [0.4, 0.5) is 4.39 Å². The topological polar surface area (TPSA) is 101 Å². The van der Waals surface area contributed by atoms with Crippen molar-refractivity contribution < 1.29 is 27.2 Å². The number of carbonyl (C=O) groups is 3. The summed E-state index contributed by atoms with van der Waals surface area (Å²) in [5, 5.41) is 3.14. The second-order valence-corrected chi connectivity index (χ2v) is 10.6. The maximum Gasteiger partial charge on any atom is 0.262 e. The molecule has 33 heavy (non-hydrogen) atoms. The Balaban J connectivity index is 1.52. The van der Waals surface area contributed by atoms with Gasteiger partial charge in [0.2, 0.25) is 5.91 Å². The van der Waals surface area contributed by atoms with E-state index in [1.165, 1.54) is 42.5 Å². The van der Waals surface area contributed by atoms with Gasteiger partial charge < -0.3 is 5.32 Å². The Morgan fingerprint density at radius 1 is 1.06 bits per heavy atom. The van der Waals surface area contributed by atoms with E-state index < -0.39 is 45.2 Å². The summed E-state index contributed by atoms with van der Waals surface area (Å²) in [6.07, 6.45) is 0. The Labute approximate surface area is 193 Å². The number of fused-ring (bicyclic) bond motifs is 1. The number of thiophene rings is 1. The van der Waals surface area contributed by atoms with Crippen LogP contribution in [0.25, 0.3) is 0 Å². The van der Waals surface area contributed by atoms with Gasteiger partial charge in [-0.2, -0.15) is 0 Å². The lowest BCUT2D eigenvalue weighted by molar-refractivity contribution is -0.121. The lowest BCUT2D eigenvalue weighted by atomic mass is 10.1. The number of nitrogens with one attached hydrogen (secondary N) is 1. The highest BCUT2D eigenvalue weighted by Crippen LogP contribution is 2.32. The van der Waals surface area contributed by atoms with E-state index in [2.05, 4.69) is 5.32 Å². The zero-order chi connectivity index (χ0) is 23.8. The van der Waals surface area contributed by atoms with E-state index >= 15 is 0 Å². The van der Waals surface area contributed by atoms with Gasteiger partial charge in [0.15, 0.2) is 9.84 Å². The molecule has 2 heterocycles. The highest BCUT2D eigenvalue weighted by Gasteiger charge is 2.37. The van der Waals surface area contributed by atoms with E-state index in [0.717, 1.165) is 11.0 Å². The van der Waals surface area contributed by atoms with Crippen molar-refractivity contribution in [1.29, 1.82) is 0 Å². The van der Waals surface area contributed by atoms with E-state index in [1.807, 2.05) is 0 Å². The van der Waals surface area contributed by atoms with Crippen molar-refractivity contribution in [2.45, 2.75) is 17.1 Å². The molecule has 0 fully saturated rings. The number of aryl methyl sites for hydroxylation is 1. The number of nitrogens with zero attached hydrogens (tertiary/aromatic N) is 1. The molecule has 1 N–H and O–H groups in total. The number of imide groups is 1. The summed E-state index contributed by atoms with van der Waals surface area (Å²) in [5.41, 5.74) is 0.637.